The molecule has 1 aliphatic heterocycles. The number of carbonyl (C=O) groups is 13. The first kappa shape index (κ1) is 94.1. The van der Waals surface area contributed by atoms with Crippen LogP contribution in [0.1, 0.15) is 228 Å². The Morgan fingerprint density at radius 3 is 1.54 bits per heavy atom. The highest BCUT2D eigenvalue weighted by atomic mass is 16.5. The number of allylic oxidation sites excluding steroid dienone is 3. The van der Waals surface area contributed by atoms with Crippen molar-refractivity contribution in [3.05, 3.63) is 23.8 Å². The maximum Gasteiger partial charge on any atom is 0.302 e. The summed E-state index contributed by atoms with van der Waals surface area (Å²) in [4.78, 5) is 192. The predicted molar refractivity (Wildman–Crippen MR) is 421 cm³/mol. The zero-order chi connectivity index (χ0) is 83.1. The van der Waals surface area contributed by atoms with Crippen LogP contribution in [-0.2, 0) is 67.1 Å². The van der Waals surface area contributed by atoms with E-state index in [4.69, 9.17) is 4.74 Å². The molecule has 5 N–H and O–H groups in total. The molecule has 4 fully saturated rings. The molecular weight excluding hydrogens is 1390 g/mol. The largest absolute Gasteiger partial charge is 0.462 e. The quantitative estimate of drug-likeness (QED) is 0.0729. The van der Waals surface area contributed by atoms with Gasteiger partial charge in [-0.1, -0.05) is 135 Å². The Morgan fingerprint density at radius 2 is 1.03 bits per heavy atom. The van der Waals surface area contributed by atoms with Crippen LogP contribution in [0.2, 0.25) is 0 Å². The third kappa shape index (κ3) is 23.4. The molecule has 0 aromatic rings. The van der Waals surface area contributed by atoms with Gasteiger partial charge in [0.25, 0.3) is 0 Å². The number of aliphatic hydroxyl groups is 1. The van der Waals surface area contributed by atoms with Crippen LogP contribution < -0.4 is 21.3 Å². The second kappa shape index (κ2) is 40.8. The van der Waals surface area contributed by atoms with Crippen molar-refractivity contribution in [2.75, 3.05) is 55.9 Å². The van der Waals surface area contributed by atoms with Crippen molar-refractivity contribution in [2.24, 2.45) is 70.0 Å². The van der Waals surface area contributed by atoms with E-state index in [0.717, 1.165) is 54.7 Å². The Balaban J connectivity index is 0.000000864. The number of amides is 11. The van der Waals surface area contributed by atoms with Crippen LogP contribution in [0.3, 0.4) is 0 Å². The highest BCUT2D eigenvalue weighted by Gasteiger charge is 2.59. The number of likely N-dealkylation sites (N-methyl/N-ethyl adjacent to an activating group) is 7. The van der Waals surface area contributed by atoms with E-state index >= 15 is 9.59 Å². The summed E-state index contributed by atoms with van der Waals surface area (Å²) in [5, 5.41) is 23.1. The van der Waals surface area contributed by atoms with Gasteiger partial charge in [-0.15, -0.1) is 0 Å². The highest BCUT2D eigenvalue weighted by molar-refractivity contribution is 6.00. The number of hydrogen-bond donors (Lipinski definition) is 5. The molecule has 26 heteroatoms. The summed E-state index contributed by atoms with van der Waals surface area (Å²) >= 11 is 0. The van der Waals surface area contributed by atoms with Gasteiger partial charge in [0.05, 0.1) is 12.6 Å². The number of aliphatic hydroxyl groups excluding tert-OH is 1. The van der Waals surface area contributed by atoms with Gasteiger partial charge in [0.2, 0.25) is 65.0 Å². The van der Waals surface area contributed by atoms with Gasteiger partial charge in [-0.05, 0) is 162 Å². The molecule has 0 bridgehead atoms. The first-order chi connectivity index (χ1) is 50.6. The SMILES string of the molecule is CC(=O)OC1CCC2(C)C(=CCC3C4CCC(=O)C4(C)CCC32)C1.CC=CCC(C)C(O)C1C(=O)NC(CC)C(=O)N(C)CC(=O)N(C)C(CC(C)C)C(=O)NC(C(C)C)C(=O)N(C)C(CC(C)C)C(=O)NC(C)C(=O)NC(C)C(=O)N(C)C(CC(C)C)C(=O)N(C)C(CC(C)C)C(=O)N(C)C(C(C)C)C(=O)N1C. The molecule has 0 spiro atoms. The van der Waals surface area contributed by atoms with Crippen molar-refractivity contribution in [2.45, 2.75) is 301 Å². The smallest absolute Gasteiger partial charge is 0.302 e. The monoisotopic (exact) mass is 1530 g/mol. The average molecular weight is 1530 g/mol. The molecule has 1 saturated heterocycles. The predicted octanol–water partition coefficient (Wildman–Crippen LogP) is 7.72. The fraction of sp³-hybridized carbons (Fsp3) is 0.795. The van der Waals surface area contributed by atoms with Gasteiger partial charge in [-0.3, -0.25) is 62.3 Å². The van der Waals surface area contributed by atoms with Gasteiger partial charge in [0.15, 0.2) is 0 Å². The van der Waals surface area contributed by atoms with Gasteiger partial charge in [-0.25, -0.2) is 0 Å². The van der Waals surface area contributed by atoms with E-state index in [9.17, 15) is 57.8 Å². The van der Waals surface area contributed by atoms with Crippen molar-refractivity contribution >= 4 is 76.7 Å². The lowest BCUT2D eigenvalue weighted by molar-refractivity contribution is -0.157. The molecular formula is C83H141N11O15. The summed E-state index contributed by atoms with van der Waals surface area (Å²) in [6.07, 6.45) is 13.9. The number of ketones is 1. The molecule has 3 saturated carbocycles. The zero-order valence-corrected chi connectivity index (χ0v) is 71.3. The second-order valence-corrected chi connectivity index (χ2v) is 35.2. The lowest BCUT2D eigenvalue weighted by Gasteiger charge is -2.56. The Kier molecular flexibility index (Phi) is 35.2. The van der Waals surface area contributed by atoms with Crippen molar-refractivity contribution in [1.29, 1.82) is 0 Å². The van der Waals surface area contributed by atoms with Crippen LogP contribution in [0.25, 0.3) is 0 Å². The minimum atomic E-state index is -1.61. The van der Waals surface area contributed by atoms with E-state index in [1.54, 1.807) is 54.5 Å². The Bertz CT molecular complexity index is 3280. The summed E-state index contributed by atoms with van der Waals surface area (Å²) in [6, 6.07) is -12.3. The number of nitrogens with one attached hydrogen (secondary N) is 4. The lowest BCUT2D eigenvalue weighted by Crippen LogP contribution is -2.63. The first-order valence-electron chi connectivity index (χ1n) is 40.3. The van der Waals surface area contributed by atoms with Crippen LogP contribution in [0.5, 0.6) is 0 Å². The number of nitrogens with zero attached hydrogens (tertiary/aromatic N) is 7. The number of hydrogen-bond acceptors (Lipinski definition) is 15. The van der Waals surface area contributed by atoms with Gasteiger partial charge < -0.3 is 65.4 Å². The third-order valence-corrected chi connectivity index (χ3v) is 24.2. The Labute approximate surface area is 652 Å². The number of carbonyl (C=O) groups excluding carboxylic acids is 13. The summed E-state index contributed by atoms with van der Waals surface area (Å²) < 4.78 is 5.50. The van der Waals surface area contributed by atoms with Crippen LogP contribution in [0.15, 0.2) is 23.8 Å². The Morgan fingerprint density at radius 1 is 0.550 bits per heavy atom. The molecule has 5 aliphatic rings. The summed E-state index contributed by atoms with van der Waals surface area (Å²) in [5.74, 6) is -7.38. The number of Topliss-reactive ketones (excluding diaryl/α,β-unsaturated/α-hetero) is 1. The number of rotatable bonds is 16. The fourth-order valence-corrected chi connectivity index (χ4v) is 17.4. The van der Waals surface area contributed by atoms with E-state index in [2.05, 4.69) is 41.2 Å². The summed E-state index contributed by atoms with van der Waals surface area (Å²) in [6.45, 7) is 35.5. The molecule has 5 rings (SSSR count). The van der Waals surface area contributed by atoms with E-state index in [1.807, 2.05) is 61.5 Å². The van der Waals surface area contributed by atoms with E-state index in [0.29, 0.717) is 30.0 Å². The maximum atomic E-state index is 15.1. The fourth-order valence-electron chi connectivity index (χ4n) is 17.4. The molecule has 18 atom stereocenters. The zero-order valence-electron chi connectivity index (χ0n) is 71.3. The molecule has 4 aliphatic carbocycles. The van der Waals surface area contributed by atoms with Crippen LogP contribution in [0, 0.1) is 70.0 Å². The molecule has 0 aromatic carbocycles. The third-order valence-electron chi connectivity index (χ3n) is 24.2. The molecule has 26 nitrogen and oxygen atoms in total. The van der Waals surface area contributed by atoms with Crippen molar-refractivity contribution in [3.63, 3.8) is 0 Å². The average Bonchev–Trinajstić information content (AvgIpc) is 1.68. The molecule has 11 amide bonds. The van der Waals surface area contributed by atoms with Crippen LogP contribution in [0.4, 0.5) is 0 Å². The number of esters is 1. The van der Waals surface area contributed by atoms with Gasteiger partial charge in [-0.2, -0.15) is 0 Å². The Hall–Kier alpha value is -7.25. The number of ether oxygens (including phenoxy) is 1. The summed E-state index contributed by atoms with van der Waals surface area (Å²) in [7, 11) is 9.92. The van der Waals surface area contributed by atoms with Gasteiger partial charge >= 0.3 is 5.97 Å². The van der Waals surface area contributed by atoms with Crippen molar-refractivity contribution in [1.82, 2.24) is 55.6 Å². The van der Waals surface area contributed by atoms with Crippen molar-refractivity contribution in [3.8, 4) is 0 Å². The molecule has 1 heterocycles. The normalized spacial score (nSPS) is 31.4. The number of fused-ring (bicyclic) bond motifs is 5. The standard InChI is InChI=1S/C62H111N11O12.C21H30O3/c1-25-27-28-40(15)52(75)51-56(79)65-43(26-2)58(81)67(18)33-48(74)68(19)44(29-34(3)4)55(78)66-49(38(11)12)61(84)69(20)45(30-35(5)6)54(77)63-41(16)53(76)64-42(17)57(80)70(21)46(31-36(7)8)59(82)71(22)47(32-37(9)10)60(83)72(23)50(39(13)14)62(85)73(51)24;1-13(22)24-15-8-10-20(2)14(12-15)4-5-16-17-6-7-19(23)21(17,3)11-9-18(16)20/h25,27,34-47,49-52,75H,26,28-33H2,1-24H3,(H,63,77)(H,64,76)(H,65,79)(H,66,78);4,15-18H,5-12H2,1-3H3. The molecule has 0 aromatic heterocycles. The van der Waals surface area contributed by atoms with Crippen LogP contribution in [-0.4, -0.2) is 245 Å². The topological polar surface area (TPSA) is 322 Å². The van der Waals surface area contributed by atoms with E-state index in [-0.39, 0.29) is 78.7 Å². The molecule has 18 unspecified atom stereocenters. The molecule has 0 radical (unpaired) electrons. The highest BCUT2D eigenvalue weighted by Crippen LogP contribution is 2.64. The van der Waals surface area contributed by atoms with Gasteiger partial charge in [0.1, 0.15) is 72.3 Å². The second-order valence-electron chi connectivity index (χ2n) is 35.2. The summed E-state index contributed by atoms with van der Waals surface area (Å²) in [5.41, 5.74) is 1.74. The lowest BCUT2D eigenvalue weighted by atomic mass is 9.48. The minimum absolute atomic E-state index is 0.0229. The van der Waals surface area contributed by atoms with E-state index < -0.39 is 156 Å². The molecule has 618 valence electrons. The van der Waals surface area contributed by atoms with Crippen molar-refractivity contribution < 1.29 is 72.2 Å². The van der Waals surface area contributed by atoms with Crippen LogP contribution >= 0.6 is 0 Å². The molecule has 109 heavy (non-hydrogen) atoms. The minimum Gasteiger partial charge on any atom is -0.462 e. The maximum absolute atomic E-state index is 15.1. The first-order valence-corrected chi connectivity index (χ1v) is 40.3. The van der Waals surface area contributed by atoms with E-state index in [1.165, 1.54) is 107 Å². The van der Waals surface area contributed by atoms with Gasteiger partial charge in [0, 0.05) is 74.5 Å².